The second-order valence-electron chi connectivity index (χ2n) is 5.97. The van der Waals surface area contributed by atoms with Gasteiger partial charge in [-0.15, -0.1) is 0 Å². The first-order valence-electron chi connectivity index (χ1n) is 7.19. The van der Waals surface area contributed by atoms with Crippen molar-refractivity contribution in [3.8, 4) is 0 Å². The highest BCUT2D eigenvalue weighted by Gasteiger charge is 2.36. The van der Waals surface area contributed by atoms with E-state index in [1.54, 1.807) is 6.92 Å². The van der Waals surface area contributed by atoms with Crippen LogP contribution in [0.4, 0.5) is 10.1 Å². The van der Waals surface area contributed by atoms with Crippen LogP contribution in [0.1, 0.15) is 24.8 Å². The number of nitrogens with one attached hydrogen (secondary N) is 1. The average molecular weight is 313 g/mol. The van der Waals surface area contributed by atoms with Gasteiger partial charge in [0.25, 0.3) is 0 Å². The maximum atomic E-state index is 13.9. The molecule has 21 heavy (non-hydrogen) atoms. The third kappa shape index (κ3) is 3.04. The van der Waals surface area contributed by atoms with Gasteiger partial charge in [-0.2, -0.15) is 0 Å². The van der Waals surface area contributed by atoms with Crippen LogP contribution < -0.4 is 10.5 Å². The molecule has 1 aromatic carbocycles. The molecule has 2 aliphatic rings. The number of nitrogens with zero attached hydrogens (tertiary/aromatic N) is 1. The molecule has 116 valence electrons. The number of rotatable bonds is 4. The van der Waals surface area contributed by atoms with E-state index in [0.29, 0.717) is 18.2 Å². The summed E-state index contributed by atoms with van der Waals surface area (Å²) in [7, 11) is -3.87. The summed E-state index contributed by atoms with van der Waals surface area (Å²) in [5.74, 6) is -0.758. The van der Waals surface area contributed by atoms with E-state index in [4.69, 9.17) is 5.73 Å². The second kappa shape index (κ2) is 5.23. The van der Waals surface area contributed by atoms with E-state index in [-0.39, 0.29) is 16.6 Å². The molecule has 1 unspecified atom stereocenters. The molecule has 0 radical (unpaired) electrons. The summed E-state index contributed by atoms with van der Waals surface area (Å²) in [6.45, 7) is 3.25. The molecule has 2 fully saturated rings. The fourth-order valence-electron chi connectivity index (χ4n) is 2.81. The Morgan fingerprint density at radius 2 is 2.05 bits per heavy atom. The molecule has 3 rings (SSSR count). The number of aryl methyl sites for hydroxylation is 1. The number of hydrogen-bond acceptors (Lipinski definition) is 4. The zero-order chi connectivity index (χ0) is 15.2. The van der Waals surface area contributed by atoms with E-state index in [0.717, 1.165) is 19.0 Å². The molecule has 0 aromatic heterocycles. The first-order valence-corrected chi connectivity index (χ1v) is 8.67. The van der Waals surface area contributed by atoms with Crippen LogP contribution in [0.5, 0.6) is 0 Å². The lowest BCUT2D eigenvalue weighted by Crippen LogP contribution is -2.37. The zero-order valence-electron chi connectivity index (χ0n) is 12.0. The van der Waals surface area contributed by atoms with Gasteiger partial charge >= 0.3 is 0 Å². The predicted octanol–water partition coefficient (Wildman–Crippen LogP) is 1.23. The number of anilines is 1. The highest BCUT2D eigenvalue weighted by atomic mass is 32.2. The quantitative estimate of drug-likeness (QED) is 0.820. The maximum Gasteiger partial charge on any atom is 0.243 e. The Hall–Kier alpha value is -1.18. The summed E-state index contributed by atoms with van der Waals surface area (Å²) in [5.41, 5.74) is 6.51. The monoisotopic (exact) mass is 313 g/mol. The van der Waals surface area contributed by atoms with Gasteiger partial charge in [-0.1, -0.05) is 0 Å². The van der Waals surface area contributed by atoms with E-state index in [9.17, 15) is 12.8 Å². The first kappa shape index (κ1) is 14.7. The predicted molar refractivity (Wildman–Crippen MR) is 78.9 cm³/mol. The number of nitrogen functional groups attached to an aromatic ring is 1. The summed E-state index contributed by atoms with van der Waals surface area (Å²) in [6.07, 6.45) is 3.16. The summed E-state index contributed by atoms with van der Waals surface area (Å²) in [4.78, 5) is 1.93. The fourth-order valence-corrected chi connectivity index (χ4v) is 4.17. The molecule has 5 nitrogen and oxygen atoms in total. The normalized spacial score (nSPS) is 23.6. The molecule has 0 bridgehead atoms. The average Bonchev–Trinajstić information content (AvgIpc) is 3.15. The van der Waals surface area contributed by atoms with E-state index < -0.39 is 15.8 Å². The van der Waals surface area contributed by atoms with Crippen molar-refractivity contribution in [2.75, 3.05) is 18.8 Å². The van der Waals surface area contributed by atoms with Crippen molar-refractivity contribution in [3.63, 3.8) is 0 Å². The van der Waals surface area contributed by atoms with Crippen LogP contribution in [0.3, 0.4) is 0 Å². The smallest absolute Gasteiger partial charge is 0.243 e. The van der Waals surface area contributed by atoms with Gasteiger partial charge in [0.2, 0.25) is 10.0 Å². The van der Waals surface area contributed by atoms with E-state index in [1.807, 2.05) is 0 Å². The van der Waals surface area contributed by atoms with Gasteiger partial charge in [-0.3, -0.25) is 4.90 Å². The van der Waals surface area contributed by atoms with E-state index in [1.165, 1.54) is 18.9 Å². The van der Waals surface area contributed by atoms with Gasteiger partial charge in [0, 0.05) is 30.9 Å². The molecule has 1 saturated carbocycles. The lowest BCUT2D eigenvalue weighted by molar-refractivity contribution is 0.322. The van der Waals surface area contributed by atoms with E-state index in [2.05, 4.69) is 9.62 Å². The number of nitrogens with two attached hydrogens (primary N) is 1. The Morgan fingerprint density at radius 3 is 2.71 bits per heavy atom. The minimum Gasteiger partial charge on any atom is -0.398 e. The summed E-state index contributed by atoms with van der Waals surface area (Å²) >= 11 is 0. The minimum absolute atomic E-state index is 0.155. The SMILES string of the molecule is Cc1cc(F)c(S(=O)(=O)NC2CCN(C3CC3)C2)cc1N. The third-order valence-electron chi connectivity index (χ3n) is 4.21. The molecule has 1 saturated heterocycles. The van der Waals surface area contributed by atoms with Crippen LogP contribution in [-0.4, -0.2) is 38.5 Å². The van der Waals surface area contributed by atoms with Crippen molar-refractivity contribution in [2.24, 2.45) is 0 Å². The fraction of sp³-hybridized carbons (Fsp3) is 0.571. The van der Waals surface area contributed by atoms with Crippen LogP contribution >= 0.6 is 0 Å². The molecule has 7 heteroatoms. The number of hydrogen-bond donors (Lipinski definition) is 2. The van der Waals surface area contributed by atoms with Crippen LogP contribution in [0, 0.1) is 12.7 Å². The highest BCUT2D eigenvalue weighted by molar-refractivity contribution is 7.89. The maximum absolute atomic E-state index is 13.9. The summed E-state index contributed by atoms with van der Waals surface area (Å²) < 4.78 is 41.2. The van der Waals surface area contributed by atoms with Gasteiger partial charge in [0.1, 0.15) is 10.7 Å². The lowest BCUT2D eigenvalue weighted by atomic mass is 10.2. The Labute approximate surface area is 124 Å². The van der Waals surface area contributed by atoms with Crippen molar-refractivity contribution >= 4 is 15.7 Å². The van der Waals surface area contributed by atoms with Gasteiger partial charge in [-0.05, 0) is 43.9 Å². The van der Waals surface area contributed by atoms with Gasteiger partial charge in [-0.25, -0.2) is 17.5 Å². The highest BCUT2D eigenvalue weighted by Crippen LogP contribution is 2.30. The Bertz CT molecular complexity index is 658. The van der Waals surface area contributed by atoms with Crippen LogP contribution in [0.15, 0.2) is 17.0 Å². The van der Waals surface area contributed by atoms with Crippen LogP contribution in [0.25, 0.3) is 0 Å². The third-order valence-corrected chi connectivity index (χ3v) is 5.75. The van der Waals surface area contributed by atoms with Crippen molar-refractivity contribution < 1.29 is 12.8 Å². The largest absolute Gasteiger partial charge is 0.398 e. The van der Waals surface area contributed by atoms with Crippen molar-refractivity contribution in [1.29, 1.82) is 0 Å². The number of sulfonamides is 1. The topological polar surface area (TPSA) is 75.4 Å². The lowest BCUT2D eigenvalue weighted by Gasteiger charge is -2.16. The second-order valence-corrected chi connectivity index (χ2v) is 7.65. The zero-order valence-corrected chi connectivity index (χ0v) is 12.8. The van der Waals surface area contributed by atoms with Crippen molar-refractivity contribution in [3.05, 3.63) is 23.5 Å². The van der Waals surface area contributed by atoms with Crippen LogP contribution in [-0.2, 0) is 10.0 Å². The standard InChI is InChI=1S/C14H20FN3O2S/c1-9-6-12(15)14(7-13(9)16)21(19,20)17-10-4-5-18(8-10)11-2-3-11/h6-7,10-11,17H,2-5,8,16H2,1H3. The van der Waals surface area contributed by atoms with Crippen molar-refractivity contribution in [2.45, 2.75) is 43.2 Å². The Balaban J connectivity index is 1.76. The molecule has 3 N–H and O–H groups in total. The molecule has 1 aliphatic carbocycles. The van der Waals surface area contributed by atoms with Crippen molar-refractivity contribution in [1.82, 2.24) is 9.62 Å². The Kier molecular flexibility index (Phi) is 3.67. The molecule has 1 atom stereocenters. The first-order chi connectivity index (χ1) is 9.87. The summed E-state index contributed by atoms with van der Waals surface area (Å²) in [5, 5.41) is 0. The molecule has 1 aliphatic heterocycles. The molecule has 1 aromatic rings. The Morgan fingerprint density at radius 1 is 1.33 bits per heavy atom. The minimum atomic E-state index is -3.87. The number of likely N-dealkylation sites (tertiary alicyclic amines) is 1. The van der Waals surface area contributed by atoms with Gasteiger partial charge in [0.05, 0.1) is 0 Å². The molecule has 0 spiro atoms. The van der Waals surface area contributed by atoms with Gasteiger partial charge < -0.3 is 5.73 Å². The van der Waals surface area contributed by atoms with Crippen LogP contribution in [0.2, 0.25) is 0 Å². The van der Waals surface area contributed by atoms with E-state index >= 15 is 0 Å². The number of benzene rings is 1. The molecular weight excluding hydrogens is 293 g/mol. The van der Waals surface area contributed by atoms with Gasteiger partial charge in [0.15, 0.2) is 0 Å². The molecule has 0 amide bonds. The molecular formula is C14H20FN3O2S. The summed E-state index contributed by atoms with van der Waals surface area (Å²) in [6, 6.07) is 2.82. The molecule has 1 heterocycles. The number of halogens is 1.